The number of ether oxygens (including phenoxy) is 1. The largest absolute Gasteiger partial charge is 0.375 e. The molecule has 5 nitrogen and oxygen atoms in total. The molecule has 0 bridgehead atoms. The summed E-state index contributed by atoms with van der Waals surface area (Å²) < 4.78 is 4.81. The molecule has 0 aliphatic carbocycles. The molecule has 0 fully saturated rings. The third-order valence-corrected chi connectivity index (χ3v) is 3.74. The third kappa shape index (κ3) is 5.16. The van der Waals surface area contributed by atoms with Gasteiger partial charge in [-0.15, -0.1) is 0 Å². The van der Waals surface area contributed by atoms with Crippen LogP contribution in [0.5, 0.6) is 0 Å². The molecule has 25 heavy (non-hydrogen) atoms. The number of rotatable bonds is 5. The highest BCUT2D eigenvalue weighted by Gasteiger charge is 2.15. The Balaban J connectivity index is 2.14. The Kier molecular flexibility index (Phi) is 5.93. The van der Waals surface area contributed by atoms with Crippen LogP contribution in [0.25, 0.3) is 0 Å². The Morgan fingerprint density at radius 3 is 2.00 bits per heavy atom. The van der Waals surface area contributed by atoms with E-state index in [9.17, 15) is 9.59 Å². The van der Waals surface area contributed by atoms with Crippen LogP contribution in [-0.4, -0.2) is 25.5 Å². The molecule has 5 heteroatoms. The van der Waals surface area contributed by atoms with Crippen LogP contribution < -0.4 is 10.6 Å². The summed E-state index contributed by atoms with van der Waals surface area (Å²) in [5.74, 6) is -0.507. The first-order valence-electron chi connectivity index (χ1n) is 8.11. The number of carbonyl (C=O) groups excluding carboxylic acids is 2. The van der Waals surface area contributed by atoms with E-state index < -0.39 is 0 Å². The molecule has 0 aliphatic rings. The monoisotopic (exact) mass is 340 g/mol. The molecule has 132 valence electrons. The van der Waals surface area contributed by atoms with E-state index in [1.807, 2.05) is 24.3 Å². The van der Waals surface area contributed by atoms with E-state index >= 15 is 0 Å². The molecule has 0 aliphatic heterocycles. The molecule has 0 unspecified atom stereocenters. The van der Waals surface area contributed by atoms with Crippen LogP contribution >= 0.6 is 0 Å². The highest BCUT2D eigenvalue weighted by atomic mass is 16.5. The van der Waals surface area contributed by atoms with Gasteiger partial charge in [-0.05, 0) is 35.2 Å². The molecule has 0 atom stereocenters. The second kappa shape index (κ2) is 7.94. The van der Waals surface area contributed by atoms with Crippen molar-refractivity contribution in [2.75, 3.05) is 24.4 Å². The minimum absolute atomic E-state index is 0.0350. The Bertz CT molecular complexity index is 746. The minimum atomic E-state index is -0.279. The van der Waals surface area contributed by atoms with Crippen molar-refractivity contribution in [3.05, 3.63) is 59.7 Å². The van der Waals surface area contributed by atoms with Crippen molar-refractivity contribution in [1.29, 1.82) is 0 Å². The zero-order valence-electron chi connectivity index (χ0n) is 15.1. The normalized spacial score (nSPS) is 11.0. The number of carbonyl (C=O) groups is 2. The van der Waals surface area contributed by atoms with Crippen molar-refractivity contribution >= 4 is 23.2 Å². The minimum Gasteiger partial charge on any atom is -0.375 e. The van der Waals surface area contributed by atoms with E-state index in [1.54, 1.807) is 24.3 Å². The molecule has 2 N–H and O–H groups in total. The van der Waals surface area contributed by atoms with Gasteiger partial charge in [-0.3, -0.25) is 9.59 Å². The van der Waals surface area contributed by atoms with Crippen LogP contribution in [0.3, 0.4) is 0 Å². The fraction of sp³-hybridized carbons (Fsp3) is 0.300. The van der Waals surface area contributed by atoms with Crippen LogP contribution in [-0.2, 0) is 14.9 Å². The number of amides is 2. The molecule has 0 aromatic heterocycles. The number of anilines is 2. The van der Waals surface area contributed by atoms with Crippen molar-refractivity contribution in [2.45, 2.75) is 26.2 Å². The summed E-state index contributed by atoms with van der Waals surface area (Å²) in [4.78, 5) is 24.2. The molecular formula is C20H24N2O3. The van der Waals surface area contributed by atoms with Gasteiger partial charge in [0, 0.05) is 12.7 Å². The second-order valence-corrected chi connectivity index (χ2v) is 6.81. The van der Waals surface area contributed by atoms with Gasteiger partial charge in [0.15, 0.2) is 0 Å². The van der Waals surface area contributed by atoms with Gasteiger partial charge < -0.3 is 15.4 Å². The maximum atomic E-state index is 12.5. The number of para-hydroxylation sites is 2. The molecule has 2 aromatic rings. The first kappa shape index (κ1) is 18.7. The molecule has 0 saturated heterocycles. The molecule has 0 spiro atoms. The molecule has 0 saturated carbocycles. The number of methoxy groups -OCH3 is 1. The van der Waals surface area contributed by atoms with Crippen molar-refractivity contribution < 1.29 is 14.3 Å². The van der Waals surface area contributed by atoms with Gasteiger partial charge in [0.1, 0.15) is 6.61 Å². The van der Waals surface area contributed by atoms with E-state index in [0.717, 1.165) is 5.56 Å². The quantitative estimate of drug-likeness (QED) is 0.869. The van der Waals surface area contributed by atoms with Gasteiger partial charge in [0.2, 0.25) is 5.91 Å². The summed E-state index contributed by atoms with van der Waals surface area (Å²) in [6, 6.07) is 14.6. The Morgan fingerprint density at radius 1 is 0.920 bits per heavy atom. The molecule has 0 radical (unpaired) electrons. The van der Waals surface area contributed by atoms with Crippen LogP contribution in [0, 0.1) is 0 Å². The van der Waals surface area contributed by atoms with Crippen molar-refractivity contribution in [1.82, 2.24) is 0 Å². The van der Waals surface area contributed by atoms with Crippen molar-refractivity contribution in [3.63, 3.8) is 0 Å². The average molecular weight is 340 g/mol. The highest BCUT2D eigenvalue weighted by Crippen LogP contribution is 2.24. The average Bonchev–Trinajstić information content (AvgIpc) is 2.56. The first-order chi connectivity index (χ1) is 11.8. The fourth-order valence-electron chi connectivity index (χ4n) is 2.33. The maximum Gasteiger partial charge on any atom is 0.255 e. The Hall–Kier alpha value is -2.66. The van der Waals surface area contributed by atoms with Gasteiger partial charge in [-0.1, -0.05) is 45.0 Å². The van der Waals surface area contributed by atoms with E-state index in [4.69, 9.17) is 4.74 Å². The fourth-order valence-corrected chi connectivity index (χ4v) is 2.33. The van der Waals surface area contributed by atoms with E-state index in [1.165, 1.54) is 7.11 Å². The SMILES string of the molecule is COCC(=O)Nc1ccccc1NC(=O)c1ccc(C(C)(C)C)cc1. The molecule has 0 heterocycles. The van der Waals surface area contributed by atoms with E-state index in [2.05, 4.69) is 31.4 Å². The smallest absolute Gasteiger partial charge is 0.255 e. The summed E-state index contributed by atoms with van der Waals surface area (Å²) in [5.41, 5.74) is 2.83. The van der Waals surface area contributed by atoms with Crippen molar-refractivity contribution in [2.24, 2.45) is 0 Å². The third-order valence-electron chi connectivity index (χ3n) is 3.74. The van der Waals surface area contributed by atoms with Crippen molar-refractivity contribution in [3.8, 4) is 0 Å². The van der Waals surface area contributed by atoms with E-state index in [0.29, 0.717) is 16.9 Å². The zero-order valence-corrected chi connectivity index (χ0v) is 15.1. The van der Waals surface area contributed by atoms with Gasteiger partial charge in [-0.25, -0.2) is 0 Å². The van der Waals surface area contributed by atoms with Crippen LogP contribution in [0.2, 0.25) is 0 Å². The lowest BCUT2D eigenvalue weighted by Crippen LogP contribution is -2.19. The number of benzene rings is 2. The van der Waals surface area contributed by atoms with Gasteiger partial charge >= 0.3 is 0 Å². The lowest BCUT2D eigenvalue weighted by atomic mass is 9.87. The van der Waals surface area contributed by atoms with Gasteiger partial charge in [0.25, 0.3) is 5.91 Å². The summed E-state index contributed by atoms with van der Waals surface area (Å²) in [6.45, 7) is 6.33. The Labute approximate surface area is 148 Å². The lowest BCUT2D eigenvalue weighted by molar-refractivity contribution is -0.119. The highest BCUT2D eigenvalue weighted by molar-refractivity contribution is 6.07. The molecule has 2 amide bonds. The number of hydrogen-bond donors (Lipinski definition) is 2. The maximum absolute atomic E-state index is 12.5. The topological polar surface area (TPSA) is 67.4 Å². The predicted octanol–water partition coefficient (Wildman–Crippen LogP) is 3.82. The van der Waals surface area contributed by atoms with Crippen LogP contribution in [0.4, 0.5) is 11.4 Å². The summed E-state index contributed by atoms with van der Waals surface area (Å²) >= 11 is 0. The lowest BCUT2D eigenvalue weighted by Gasteiger charge is -2.19. The number of nitrogens with one attached hydrogen (secondary N) is 2. The summed E-state index contributed by atoms with van der Waals surface area (Å²) in [5, 5.41) is 5.56. The molecular weight excluding hydrogens is 316 g/mol. The number of hydrogen-bond acceptors (Lipinski definition) is 3. The summed E-state index contributed by atoms with van der Waals surface area (Å²) in [7, 11) is 1.45. The van der Waals surface area contributed by atoms with Crippen LogP contribution in [0.1, 0.15) is 36.7 Å². The predicted molar refractivity (Wildman–Crippen MR) is 100 cm³/mol. The van der Waals surface area contributed by atoms with Crippen LogP contribution in [0.15, 0.2) is 48.5 Å². The summed E-state index contributed by atoms with van der Waals surface area (Å²) in [6.07, 6.45) is 0. The zero-order chi connectivity index (χ0) is 18.4. The van der Waals surface area contributed by atoms with Gasteiger partial charge in [-0.2, -0.15) is 0 Å². The Morgan fingerprint density at radius 2 is 1.48 bits per heavy atom. The second-order valence-electron chi connectivity index (χ2n) is 6.81. The first-order valence-corrected chi connectivity index (χ1v) is 8.11. The molecule has 2 rings (SSSR count). The standard InChI is InChI=1S/C20H24N2O3/c1-20(2,3)15-11-9-14(10-12-15)19(24)22-17-8-6-5-7-16(17)21-18(23)13-25-4/h5-12H,13H2,1-4H3,(H,21,23)(H,22,24). The van der Waals surface area contributed by atoms with E-state index in [-0.39, 0.29) is 23.8 Å². The molecule has 2 aromatic carbocycles. The van der Waals surface area contributed by atoms with Gasteiger partial charge in [0.05, 0.1) is 11.4 Å².